The van der Waals surface area contributed by atoms with Gasteiger partial charge in [0.05, 0.1) is 47.5 Å². The van der Waals surface area contributed by atoms with Crippen LogP contribution < -0.4 is 9.47 Å². The summed E-state index contributed by atoms with van der Waals surface area (Å²) in [5, 5.41) is 9.08. The maximum absolute atomic E-state index is 15.8. The van der Waals surface area contributed by atoms with Crippen molar-refractivity contribution in [2.24, 2.45) is 0 Å². The van der Waals surface area contributed by atoms with E-state index in [4.69, 9.17) is 24.2 Å². The van der Waals surface area contributed by atoms with Gasteiger partial charge in [0.25, 0.3) is 5.79 Å². The summed E-state index contributed by atoms with van der Waals surface area (Å²) in [7, 11) is 2.84. The van der Waals surface area contributed by atoms with Crippen molar-refractivity contribution < 1.29 is 36.9 Å². The summed E-state index contributed by atoms with van der Waals surface area (Å²) in [4.78, 5) is 16.7. The van der Waals surface area contributed by atoms with E-state index in [1.807, 2.05) is 6.07 Å². The predicted molar refractivity (Wildman–Crippen MR) is 157 cm³/mol. The molecule has 0 N–H and O–H groups in total. The first-order chi connectivity index (χ1) is 21.6. The number of methoxy groups -OCH3 is 2. The minimum Gasteiger partial charge on any atom is -0.465 e. The molecular weight excluding hydrogens is 587 g/mol. The molecule has 0 saturated carbocycles. The van der Waals surface area contributed by atoms with Crippen LogP contribution in [-0.2, 0) is 28.2 Å². The van der Waals surface area contributed by atoms with Crippen molar-refractivity contribution in [3.8, 4) is 28.7 Å². The van der Waals surface area contributed by atoms with E-state index in [9.17, 15) is 9.18 Å². The Kier molecular flexibility index (Phi) is 7.68. The van der Waals surface area contributed by atoms with Crippen LogP contribution in [-0.4, -0.2) is 36.3 Å². The van der Waals surface area contributed by atoms with Crippen LogP contribution in [0.5, 0.6) is 11.5 Å². The van der Waals surface area contributed by atoms with Gasteiger partial charge in [0.2, 0.25) is 0 Å². The largest absolute Gasteiger partial charge is 0.465 e. The maximum atomic E-state index is 15.8. The lowest BCUT2D eigenvalue weighted by atomic mass is 10.00. The lowest BCUT2D eigenvalue weighted by molar-refractivity contribution is -0.0705. The number of benzene rings is 4. The zero-order valence-corrected chi connectivity index (χ0v) is 24.5. The highest BCUT2D eigenvalue weighted by molar-refractivity contribution is 5.93. The van der Waals surface area contributed by atoms with E-state index in [1.54, 1.807) is 48.1 Å². The molecule has 0 fully saturated rings. The van der Waals surface area contributed by atoms with E-state index in [0.29, 0.717) is 35.6 Å². The molecule has 4 aromatic carbocycles. The highest BCUT2D eigenvalue weighted by Crippen LogP contribution is 2.50. The normalized spacial score (nSPS) is 15.3. The number of esters is 1. The minimum absolute atomic E-state index is 0.0423. The lowest BCUT2D eigenvalue weighted by Crippen LogP contribution is -2.32. The monoisotopic (exact) mass is 613 g/mol. The van der Waals surface area contributed by atoms with E-state index in [2.05, 4.69) is 4.98 Å². The maximum Gasteiger partial charge on any atom is 0.337 e. The number of para-hydroxylation sites is 1. The Bertz CT molecular complexity index is 2020. The third-order valence-corrected chi connectivity index (χ3v) is 7.71. The molecule has 2 heterocycles. The second-order valence-corrected chi connectivity index (χ2v) is 10.6. The number of nitriles is 1. The van der Waals surface area contributed by atoms with Gasteiger partial charge in [-0.1, -0.05) is 12.1 Å². The average molecular weight is 614 g/mol. The number of hydrogen-bond acceptors (Lipinski definition) is 7. The van der Waals surface area contributed by atoms with Gasteiger partial charge in [0.15, 0.2) is 11.5 Å². The summed E-state index contributed by atoms with van der Waals surface area (Å²) in [6.07, 6.45) is -0.0441. The molecule has 5 aromatic rings. The van der Waals surface area contributed by atoms with Gasteiger partial charge in [-0.15, -0.1) is 0 Å². The van der Waals surface area contributed by atoms with Crippen LogP contribution in [0.4, 0.5) is 13.2 Å². The van der Waals surface area contributed by atoms with Crippen LogP contribution in [0.25, 0.3) is 22.2 Å². The molecule has 0 aliphatic carbocycles. The number of carbonyl (C=O) groups excluding carboxylic acids is 1. The average Bonchev–Trinajstić information content (AvgIpc) is 3.57. The Balaban J connectivity index is 1.35. The van der Waals surface area contributed by atoms with Gasteiger partial charge in [-0.2, -0.15) is 5.26 Å². The smallest absolute Gasteiger partial charge is 0.337 e. The molecule has 6 rings (SSSR count). The molecule has 0 radical (unpaired) electrons. The third kappa shape index (κ3) is 5.34. The number of ether oxygens (including phenoxy) is 4. The van der Waals surface area contributed by atoms with Crippen LogP contribution in [0.2, 0.25) is 0 Å². The van der Waals surface area contributed by atoms with Crippen LogP contribution in [0, 0.1) is 28.8 Å². The highest BCUT2D eigenvalue weighted by Gasteiger charge is 2.42. The second-order valence-electron chi connectivity index (χ2n) is 10.6. The Labute approximate surface area is 256 Å². The zero-order chi connectivity index (χ0) is 31.9. The summed E-state index contributed by atoms with van der Waals surface area (Å²) >= 11 is 0. The van der Waals surface area contributed by atoms with Gasteiger partial charge >= 0.3 is 5.97 Å². The number of halogens is 3. The van der Waals surface area contributed by atoms with Crippen molar-refractivity contribution in [3.63, 3.8) is 0 Å². The fourth-order valence-corrected chi connectivity index (χ4v) is 5.49. The van der Waals surface area contributed by atoms with Crippen LogP contribution in [0.1, 0.15) is 39.8 Å². The Hall–Kier alpha value is -5.34. The van der Waals surface area contributed by atoms with Gasteiger partial charge in [-0.05, 0) is 60.2 Å². The van der Waals surface area contributed by atoms with Gasteiger partial charge in [0, 0.05) is 38.1 Å². The van der Waals surface area contributed by atoms with Crippen molar-refractivity contribution in [2.75, 3.05) is 20.8 Å². The van der Waals surface area contributed by atoms with Crippen LogP contribution >= 0.6 is 0 Å². The van der Waals surface area contributed by atoms with Crippen molar-refractivity contribution in [1.82, 2.24) is 9.55 Å². The van der Waals surface area contributed by atoms with Gasteiger partial charge < -0.3 is 23.5 Å². The number of imidazole rings is 1. The number of fused-ring (bicyclic) bond motifs is 2. The molecule has 228 valence electrons. The van der Waals surface area contributed by atoms with Crippen LogP contribution in [0.15, 0.2) is 66.7 Å². The molecule has 0 saturated heterocycles. The summed E-state index contributed by atoms with van der Waals surface area (Å²) in [5.41, 5.74) is 1.91. The Morgan fingerprint density at radius 2 is 1.80 bits per heavy atom. The summed E-state index contributed by atoms with van der Waals surface area (Å²) < 4.78 is 70.3. The molecule has 8 nitrogen and oxygen atoms in total. The first-order valence-electron chi connectivity index (χ1n) is 13.9. The van der Waals surface area contributed by atoms with Gasteiger partial charge in [0.1, 0.15) is 23.3 Å². The molecular formula is C34H26F3N3O5. The zero-order valence-electron chi connectivity index (χ0n) is 24.5. The number of carbonyl (C=O) groups is 1. The van der Waals surface area contributed by atoms with E-state index in [1.165, 1.54) is 26.2 Å². The molecule has 1 aromatic heterocycles. The first kappa shape index (κ1) is 29.7. The fraction of sp³-hybridized carbons (Fsp3) is 0.206. The fourth-order valence-electron chi connectivity index (χ4n) is 5.49. The van der Waals surface area contributed by atoms with Gasteiger partial charge in [-0.3, -0.25) is 0 Å². The quantitative estimate of drug-likeness (QED) is 0.181. The van der Waals surface area contributed by atoms with E-state index >= 15 is 8.78 Å². The number of aromatic nitrogens is 2. The third-order valence-electron chi connectivity index (χ3n) is 7.71. The molecule has 1 unspecified atom stereocenters. The summed E-state index contributed by atoms with van der Waals surface area (Å²) in [6, 6.07) is 17.6. The minimum atomic E-state index is -1.61. The first-order valence-corrected chi connectivity index (χ1v) is 13.9. The van der Waals surface area contributed by atoms with E-state index in [0.717, 1.165) is 18.2 Å². The highest BCUT2D eigenvalue weighted by atomic mass is 19.1. The van der Waals surface area contributed by atoms with E-state index < -0.39 is 29.2 Å². The number of rotatable bonds is 8. The Morgan fingerprint density at radius 3 is 2.53 bits per heavy atom. The standard InChI is InChI=1S/C34H26F3N3O5/c1-34(24-9-7-19(18-38)13-27(24)37)44-30-6-4-5-22(32(30)45-34)23-17-25(35)21(14-26(23)36)16-31-39-28-10-8-20(33(41)43-3)15-29(28)40(31)11-12-42-2/h4-10,13-15,17H,11-12,16H2,1-3H3. The molecule has 0 amide bonds. The van der Waals surface area contributed by atoms with E-state index in [-0.39, 0.29) is 45.7 Å². The second kappa shape index (κ2) is 11.6. The summed E-state index contributed by atoms with van der Waals surface area (Å²) in [6.45, 7) is 2.19. The molecule has 45 heavy (non-hydrogen) atoms. The topological polar surface area (TPSA) is 95.6 Å². The Morgan fingerprint density at radius 1 is 0.978 bits per heavy atom. The molecule has 1 aliphatic heterocycles. The van der Waals surface area contributed by atoms with Crippen molar-refractivity contribution in [1.29, 1.82) is 5.26 Å². The predicted octanol–water partition coefficient (Wildman–Crippen LogP) is 6.66. The molecule has 0 bridgehead atoms. The number of nitrogens with zero attached hydrogens (tertiary/aromatic N) is 3. The molecule has 1 aliphatic rings. The van der Waals surface area contributed by atoms with Crippen molar-refractivity contribution in [3.05, 3.63) is 112 Å². The van der Waals surface area contributed by atoms with Crippen molar-refractivity contribution >= 4 is 17.0 Å². The SMILES string of the molecule is COCCn1c(Cc2cc(F)c(-c3cccc4c3OC(C)(c3ccc(C#N)cc3F)O4)cc2F)nc2ccc(C(=O)OC)cc21. The number of hydrogen-bond donors (Lipinski definition) is 0. The lowest BCUT2D eigenvalue weighted by Gasteiger charge is -2.24. The van der Waals surface area contributed by atoms with Crippen molar-refractivity contribution in [2.45, 2.75) is 25.7 Å². The molecule has 0 spiro atoms. The molecule has 11 heteroatoms. The molecule has 1 atom stereocenters. The van der Waals surface area contributed by atoms with Gasteiger partial charge in [-0.25, -0.2) is 22.9 Å². The van der Waals surface area contributed by atoms with Crippen LogP contribution in [0.3, 0.4) is 0 Å². The summed E-state index contributed by atoms with van der Waals surface area (Å²) in [5.74, 6) is -3.42.